The third-order valence-electron chi connectivity index (χ3n) is 3.32. The minimum atomic E-state index is -0.355. The number of amides is 1. The van der Waals surface area contributed by atoms with Crippen LogP contribution < -0.4 is 16.6 Å². The molecule has 23 heavy (non-hydrogen) atoms. The number of hydrogen-bond acceptors (Lipinski definition) is 5. The first-order chi connectivity index (χ1) is 11.0. The van der Waals surface area contributed by atoms with E-state index in [1.54, 1.807) is 0 Å². The van der Waals surface area contributed by atoms with Gasteiger partial charge in [0, 0.05) is 6.07 Å². The first-order valence-corrected chi connectivity index (χ1v) is 8.26. The Labute approximate surface area is 138 Å². The number of nitrogens with two attached hydrogens (primary N) is 1. The van der Waals surface area contributed by atoms with Crippen LogP contribution in [-0.4, -0.2) is 21.1 Å². The number of nitrogens with one attached hydrogen (secondary N) is 2. The fourth-order valence-electron chi connectivity index (χ4n) is 2.10. The molecule has 0 fully saturated rings. The van der Waals surface area contributed by atoms with Crippen molar-refractivity contribution in [2.45, 2.75) is 36.7 Å². The zero-order chi connectivity index (χ0) is 16.8. The average molecular weight is 332 g/mol. The van der Waals surface area contributed by atoms with E-state index in [1.165, 1.54) is 17.8 Å². The molecule has 0 spiro atoms. The van der Waals surface area contributed by atoms with E-state index < -0.39 is 0 Å². The van der Waals surface area contributed by atoms with Crippen molar-refractivity contribution in [2.75, 3.05) is 5.73 Å². The molecule has 0 bridgehead atoms. The SMILES string of the molecule is CC[C@H](Sc1nc(N)cc(=O)[nH]1)C(=O)N[C@@H](C)c1ccccc1. The number of aromatic nitrogens is 2. The zero-order valence-corrected chi connectivity index (χ0v) is 13.9. The van der Waals surface area contributed by atoms with Crippen molar-refractivity contribution in [1.29, 1.82) is 0 Å². The predicted octanol–water partition coefficient (Wildman–Crippen LogP) is 2.10. The van der Waals surface area contributed by atoms with Crippen LogP contribution >= 0.6 is 11.8 Å². The summed E-state index contributed by atoms with van der Waals surface area (Å²) in [5, 5.41) is 2.98. The van der Waals surface area contributed by atoms with Gasteiger partial charge in [-0.2, -0.15) is 0 Å². The zero-order valence-electron chi connectivity index (χ0n) is 13.1. The number of nitrogens with zero attached hydrogens (tertiary/aromatic N) is 1. The molecule has 2 atom stereocenters. The molecule has 2 rings (SSSR count). The maximum Gasteiger partial charge on any atom is 0.253 e. The van der Waals surface area contributed by atoms with Gasteiger partial charge < -0.3 is 16.0 Å². The molecule has 0 aliphatic carbocycles. The van der Waals surface area contributed by atoms with E-state index in [2.05, 4.69) is 15.3 Å². The van der Waals surface area contributed by atoms with Crippen LogP contribution in [0.3, 0.4) is 0 Å². The van der Waals surface area contributed by atoms with Gasteiger partial charge >= 0.3 is 0 Å². The van der Waals surface area contributed by atoms with E-state index in [4.69, 9.17) is 5.73 Å². The second kappa shape index (κ2) is 7.82. The molecule has 0 saturated carbocycles. The largest absolute Gasteiger partial charge is 0.383 e. The lowest BCUT2D eigenvalue weighted by atomic mass is 10.1. The lowest BCUT2D eigenvalue weighted by Gasteiger charge is -2.19. The third-order valence-corrected chi connectivity index (χ3v) is 4.56. The molecule has 1 aromatic heterocycles. The number of rotatable bonds is 6. The Kier molecular flexibility index (Phi) is 5.81. The minimum absolute atomic E-state index is 0.0915. The Balaban J connectivity index is 2.05. The summed E-state index contributed by atoms with van der Waals surface area (Å²) in [6.07, 6.45) is 0.608. The van der Waals surface area contributed by atoms with Crippen molar-refractivity contribution >= 4 is 23.5 Å². The van der Waals surface area contributed by atoms with Gasteiger partial charge in [0.05, 0.1) is 11.3 Å². The number of carbonyl (C=O) groups is 1. The number of nitrogen functional groups attached to an aromatic ring is 1. The van der Waals surface area contributed by atoms with E-state index in [0.29, 0.717) is 11.6 Å². The summed E-state index contributed by atoms with van der Waals surface area (Å²) < 4.78 is 0. The van der Waals surface area contributed by atoms with Crippen molar-refractivity contribution in [3.63, 3.8) is 0 Å². The first kappa shape index (κ1) is 17.1. The van der Waals surface area contributed by atoms with Crippen LogP contribution in [0.1, 0.15) is 31.9 Å². The molecular weight excluding hydrogens is 312 g/mol. The van der Waals surface area contributed by atoms with Crippen molar-refractivity contribution in [2.24, 2.45) is 0 Å². The number of hydrogen-bond donors (Lipinski definition) is 3. The number of aromatic amines is 1. The second-order valence-electron chi connectivity index (χ2n) is 5.13. The summed E-state index contributed by atoms with van der Waals surface area (Å²) in [7, 11) is 0. The van der Waals surface area contributed by atoms with Crippen molar-refractivity contribution in [3.05, 3.63) is 52.3 Å². The van der Waals surface area contributed by atoms with Crippen LogP contribution in [0.25, 0.3) is 0 Å². The highest BCUT2D eigenvalue weighted by molar-refractivity contribution is 8.00. The van der Waals surface area contributed by atoms with Gasteiger partial charge in [-0.15, -0.1) is 0 Å². The highest BCUT2D eigenvalue weighted by Crippen LogP contribution is 2.23. The Morgan fingerprint density at radius 3 is 2.70 bits per heavy atom. The quantitative estimate of drug-likeness (QED) is 0.555. The minimum Gasteiger partial charge on any atom is -0.383 e. The molecule has 2 aromatic rings. The number of H-pyrrole nitrogens is 1. The summed E-state index contributed by atoms with van der Waals surface area (Å²) >= 11 is 1.20. The standard InChI is InChI=1S/C16H20N4O2S/c1-3-12(23-16-19-13(17)9-14(21)20-16)15(22)18-10(2)11-7-5-4-6-8-11/h4-10,12H,3H2,1-2H3,(H,18,22)(H3,17,19,20,21)/t10-,12-/m0/s1. The van der Waals surface area contributed by atoms with Crippen molar-refractivity contribution < 1.29 is 4.79 Å². The summed E-state index contributed by atoms with van der Waals surface area (Å²) in [6, 6.07) is 10.9. The smallest absolute Gasteiger partial charge is 0.253 e. The first-order valence-electron chi connectivity index (χ1n) is 7.38. The van der Waals surface area contributed by atoms with Gasteiger partial charge in [0.15, 0.2) is 5.16 Å². The highest BCUT2D eigenvalue weighted by atomic mass is 32.2. The van der Waals surface area contributed by atoms with E-state index in [0.717, 1.165) is 5.56 Å². The molecule has 0 aliphatic rings. The fourth-order valence-corrected chi connectivity index (χ4v) is 3.03. The van der Waals surface area contributed by atoms with Crippen LogP contribution in [0, 0.1) is 0 Å². The maximum atomic E-state index is 12.4. The lowest BCUT2D eigenvalue weighted by molar-refractivity contribution is -0.121. The number of carbonyl (C=O) groups excluding carboxylic acids is 1. The van der Waals surface area contributed by atoms with Crippen molar-refractivity contribution in [3.8, 4) is 0 Å². The summed E-state index contributed by atoms with van der Waals surface area (Å²) in [5.74, 6) is 0.0445. The highest BCUT2D eigenvalue weighted by Gasteiger charge is 2.21. The second-order valence-corrected chi connectivity index (χ2v) is 6.32. The normalized spacial score (nSPS) is 13.3. The molecule has 0 radical (unpaired) electrons. The molecule has 0 saturated heterocycles. The Morgan fingerprint density at radius 2 is 2.09 bits per heavy atom. The van der Waals surface area contributed by atoms with Gasteiger partial charge in [0.2, 0.25) is 5.91 Å². The summed E-state index contributed by atoms with van der Waals surface area (Å²) in [5.41, 5.74) is 6.28. The van der Waals surface area contributed by atoms with Crippen LogP contribution in [0.4, 0.5) is 5.82 Å². The predicted molar refractivity (Wildman–Crippen MR) is 92.2 cm³/mol. The molecule has 6 nitrogen and oxygen atoms in total. The molecule has 7 heteroatoms. The molecular formula is C16H20N4O2S. The van der Waals surface area contributed by atoms with E-state index in [-0.39, 0.29) is 28.6 Å². The van der Waals surface area contributed by atoms with Crippen LogP contribution in [0.5, 0.6) is 0 Å². The average Bonchev–Trinajstić information content (AvgIpc) is 2.52. The molecule has 1 aromatic carbocycles. The molecule has 4 N–H and O–H groups in total. The van der Waals surface area contributed by atoms with Gasteiger partial charge in [-0.25, -0.2) is 4.98 Å². The number of anilines is 1. The number of thioether (sulfide) groups is 1. The molecule has 0 unspecified atom stereocenters. The van der Waals surface area contributed by atoms with Crippen LogP contribution in [0.15, 0.2) is 46.3 Å². The maximum absolute atomic E-state index is 12.4. The topological polar surface area (TPSA) is 101 Å². The van der Waals surface area contributed by atoms with Gasteiger partial charge in [0.1, 0.15) is 5.82 Å². The van der Waals surface area contributed by atoms with Gasteiger partial charge in [-0.05, 0) is 18.9 Å². The van der Waals surface area contributed by atoms with Gasteiger partial charge in [-0.1, -0.05) is 49.0 Å². The number of benzene rings is 1. The van der Waals surface area contributed by atoms with E-state index in [1.807, 2.05) is 44.2 Å². The Hall–Kier alpha value is -2.28. The molecule has 1 amide bonds. The molecule has 122 valence electrons. The van der Waals surface area contributed by atoms with Gasteiger partial charge in [0.25, 0.3) is 5.56 Å². The van der Waals surface area contributed by atoms with Crippen molar-refractivity contribution in [1.82, 2.24) is 15.3 Å². The van der Waals surface area contributed by atoms with Gasteiger partial charge in [-0.3, -0.25) is 9.59 Å². The van der Waals surface area contributed by atoms with E-state index >= 15 is 0 Å². The summed E-state index contributed by atoms with van der Waals surface area (Å²) in [6.45, 7) is 3.85. The monoisotopic (exact) mass is 332 g/mol. The Morgan fingerprint density at radius 1 is 1.39 bits per heavy atom. The molecule has 1 heterocycles. The van der Waals surface area contributed by atoms with Crippen LogP contribution in [-0.2, 0) is 4.79 Å². The lowest BCUT2D eigenvalue weighted by Crippen LogP contribution is -2.34. The van der Waals surface area contributed by atoms with E-state index in [9.17, 15) is 9.59 Å². The fraction of sp³-hybridized carbons (Fsp3) is 0.312. The summed E-state index contributed by atoms with van der Waals surface area (Å²) in [4.78, 5) is 30.5. The third kappa shape index (κ3) is 4.85. The van der Waals surface area contributed by atoms with Crippen LogP contribution in [0.2, 0.25) is 0 Å². The Bertz CT molecular complexity index is 718. The molecule has 0 aliphatic heterocycles.